The van der Waals surface area contributed by atoms with Gasteiger partial charge in [-0.3, -0.25) is 5.32 Å². The second-order valence-corrected chi connectivity index (χ2v) is 8.11. The zero-order valence-corrected chi connectivity index (χ0v) is 17.9. The molecule has 1 saturated carbocycles. The van der Waals surface area contributed by atoms with Gasteiger partial charge in [0.25, 0.3) is 0 Å². The quantitative estimate of drug-likeness (QED) is 0.726. The number of nitrogens with one attached hydrogen (secondary N) is 1. The number of ether oxygens (including phenoxy) is 3. The zero-order chi connectivity index (χ0) is 21.0. The molecule has 9 heteroatoms. The summed E-state index contributed by atoms with van der Waals surface area (Å²) in [4.78, 5) is 40.0. The van der Waals surface area contributed by atoms with Crippen molar-refractivity contribution in [2.24, 2.45) is 0 Å². The van der Waals surface area contributed by atoms with E-state index >= 15 is 0 Å². The molecule has 2 fully saturated rings. The molecule has 2 heterocycles. The van der Waals surface area contributed by atoms with Crippen LogP contribution in [-0.2, 0) is 14.2 Å². The molecule has 2 atom stereocenters. The van der Waals surface area contributed by atoms with Gasteiger partial charge in [0, 0.05) is 13.2 Å². The molecule has 1 aromatic rings. The molecule has 2 amide bonds. The minimum absolute atomic E-state index is 0.0362. The van der Waals surface area contributed by atoms with Gasteiger partial charge < -0.3 is 19.1 Å². The first-order valence-electron chi connectivity index (χ1n) is 10.1. The van der Waals surface area contributed by atoms with E-state index in [0.29, 0.717) is 28.6 Å². The van der Waals surface area contributed by atoms with E-state index < -0.39 is 11.9 Å². The van der Waals surface area contributed by atoms with Gasteiger partial charge in [-0.1, -0.05) is 0 Å². The summed E-state index contributed by atoms with van der Waals surface area (Å²) >= 11 is 1.05. The van der Waals surface area contributed by atoms with Crippen LogP contribution in [0, 0.1) is 6.92 Å². The fourth-order valence-corrected chi connectivity index (χ4v) is 5.03. The van der Waals surface area contributed by atoms with Crippen molar-refractivity contribution in [2.45, 2.75) is 58.6 Å². The minimum atomic E-state index is -0.565. The Labute approximate surface area is 174 Å². The molecule has 0 spiro atoms. The Balaban J connectivity index is 1.88. The van der Waals surface area contributed by atoms with E-state index in [2.05, 4.69) is 5.32 Å². The molecule has 160 valence electrons. The Morgan fingerprint density at radius 3 is 2.59 bits per heavy atom. The molecular weight excluding hydrogens is 396 g/mol. The standard InChI is InChI=1S/C20H28N2O6S/c1-4-26-18(23)15-12(3)16(19(24)27-5-2)29-17(15)21-20(25)22-10-7-11-28-14-9-6-8-13(14)22/h13-14H,4-11H2,1-3H3,(H,21,25)/t13-,14-/m0/s1. The first kappa shape index (κ1) is 21.6. The summed E-state index contributed by atoms with van der Waals surface area (Å²) in [7, 11) is 0. The number of carbonyl (C=O) groups is 3. The topological polar surface area (TPSA) is 94.2 Å². The first-order chi connectivity index (χ1) is 14.0. The maximum Gasteiger partial charge on any atom is 0.348 e. The molecule has 1 N–H and O–H groups in total. The number of nitrogens with zero attached hydrogens (tertiary/aromatic N) is 1. The van der Waals surface area contributed by atoms with E-state index in [1.807, 2.05) is 0 Å². The number of amides is 2. The highest BCUT2D eigenvalue weighted by Gasteiger charge is 2.38. The SMILES string of the molecule is CCOC(=O)c1sc(NC(=O)N2CCCO[C@H]3CCC[C@@H]32)c(C(=O)OCC)c1C. The number of hydrogen-bond donors (Lipinski definition) is 1. The second-order valence-electron chi connectivity index (χ2n) is 7.09. The molecule has 2 aliphatic rings. The Hall–Kier alpha value is -2.13. The van der Waals surface area contributed by atoms with Gasteiger partial charge in [-0.2, -0.15) is 0 Å². The number of rotatable bonds is 5. The van der Waals surface area contributed by atoms with Gasteiger partial charge in [0.2, 0.25) is 0 Å². The van der Waals surface area contributed by atoms with Crippen molar-refractivity contribution in [3.05, 3.63) is 16.0 Å². The summed E-state index contributed by atoms with van der Waals surface area (Å²) in [5.74, 6) is -1.08. The Kier molecular flexibility index (Phi) is 7.13. The van der Waals surface area contributed by atoms with E-state index in [4.69, 9.17) is 14.2 Å². The molecule has 0 unspecified atom stereocenters. The van der Waals surface area contributed by atoms with Gasteiger partial charge in [0.05, 0.1) is 30.9 Å². The fraction of sp³-hybridized carbons (Fsp3) is 0.650. The highest BCUT2D eigenvalue weighted by Crippen LogP contribution is 2.35. The largest absolute Gasteiger partial charge is 0.462 e. The number of hydrogen-bond acceptors (Lipinski definition) is 7. The summed E-state index contributed by atoms with van der Waals surface area (Å²) in [6.45, 7) is 6.75. The van der Waals surface area contributed by atoms with Crippen LogP contribution in [0.5, 0.6) is 0 Å². The molecule has 29 heavy (non-hydrogen) atoms. The van der Waals surface area contributed by atoms with Crippen LogP contribution in [0.3, 0.4) is 0 Å². The number of carbonyl (C=O) groups excluding carboxylic acids is 3. The lowest BCUT2D eigenvalue weighted by Gasteiger charge is -2.30. The van der Waals surface area contributed by atoms with Crippen LogP contribution in [0.4, 0.5) is 9.80 Å². The lowest BCUT2D eigenvalue weighted by atomic mass is 10.1. The molecule has 0 bridgehead atoms. The summed E-state index contributed by atoms with van der Waals surface area (Å²) in [5.41, 5.74) is 0.669. The number of fused-ring (bicyclic) bond motifs is 1. The van der Waals surface area contributed by atoms with Crippen LogP contribution < -0.4 is 5.32 Å². The number of esters is 2. The average Bonchev–Trinajstić information content (AvgIpc) is 3.20. The maximum absolute atomic E-state index is 13.1. The third-order valence-electron chi connectivity index (χ3n) is 5.26. The van der Waals surface area contributed by atoms with Crippen LogP contribution in [0.25, 0.3) is 0 Å². The van der Waals surface area contributed by atoms with Gasteiger partial charge in [-0.05, 0) is 52.0 Å². The molecule has 0 radical (unpaired) electrons. The molecule has 3 rings (SSSR count). The molecule has 1 aliphatic carbocycles. The van der Waals surface area contributed by atoms with Crippen molar-refractivity contribution in [1.82, 2.24) is 4.90 Å². The molecule has 1 saturated heterocycles. The summed E-state index contributed by atoms with van der Waals surface area (Å²) in [5, 5.41) is 3.17. The van der Waals surface area contributed by atoms with Crippen LogP contribution in [0.15, 0.2) is 0 Å². The van der Waals surface area contributed by atoms with Crippen molar-refractivity contribution in [1.29, 1.82) is 0 Å². The van der Waals surface area contributed by atoms with Crippen molar-refractivity contribution in [2.75, 3.05) is 31.7 Å². The second kappa shape index (κ2) is 9.58. The zero-order valence-electron chi connectivity index (χ0n) is 17.1. The minimum Gasteiger partial charge on any atom is -0.462 e. The Morgan fingerprint density at radius 2 is 1.86 bits per heavy atom. The van der Waals surface area contributed by atoms with Crippen LogP contribution in [0.1, 0.15) is 65.1 Å². The van der Waals surface area contributed by atoms with Gasteiger partial charge in [0.15, 0.2) is 0 Å². The van der Waals surface area contributed by atoms with Crippen molar-refractivity contribution >= 4 is 34.3 Å². The summed E-state index contributed by atoms with van der Waals surface area (Å²) < 4.78 is 16.1. The summed E-state index contributed by atoms with van der Waals surface area (Å²) in [6.07, 6.45) is 3.71. The molecule has 0 aromatic carbocycles. The first-order valence-corrected chi connectivity index (χ1v) is 11.0. The predicted octanol–water partition coefficient (Wildman–Crippen LogP) is 3.59. The van der Waals surface area contributed by atoms with E-state index in [1.165, 1.54) is 0 Å². The van der Waals surface area contributed by atoms with Gasteiger partial charge in [-0.25, -0.2) is 14.4 Å². The monoisotopic (exact) mass is 424 g/mol. The van der Waals surface area contributed by atoms with Crippen LogP contribution >= 0.6 is 11.3 Å². The smallest absolute Gasteiger partial charge is 0.348 e. The van der Waals surface area contributed by atoms with E-state index in [-0.39, 0.29) is 37.0 Å². The number of anilines is 1. The van der Waals surface area contributed by atoms with Crippen molar-refractivity contribution < 1.29 is 28.6 Å². The molecule has 1 aromatic heterocycles. The van der Waals surface area contributed by atoms with E-state index in [9.17, 15) is 14.4 Å². The normalized spacial score (nSPS) is 21.3. The maximum atomic E-state index is 13.1. The van der Waals surface area contributed by atoms with E-state index in [0.717, 1.165) is 37.0 Å². The summed E-state index contributed by atoms with van der Waals surface area (Å²) in [6, 6.07) is -0.247. The highest BCUT2D eigenvalue weighted by atomic mass is 32.1. The van der Waals surface area contributed by atoms with Gasteiger partial charge in [-0.15, -0.1) is 11.3 Å². The third kappa shape index (κ3) is 4.56. The van der Waals surface area contributed by atoms with Crippen LogP contribution in [-0.4, -0.2) is 61.4 Å². The van der Waals surface area contributed by atoms with Crippen molar-refractivity contribution in [3.8, 4) is 0 Å². The number of thiophene rings is 1. The van der Waals surface area contributed by atoms with Gasteiger partial charge >= 0.3 is 18.0 Å². The molecule has 8 nitrogen and oxygen atoms in total. The van der Waals surface area contributed by atoms with E-state index in [1.54, 1.807) is 25.7 Å². The average molecular weight is 425 g/mol. The Bertz CT molecular complexity index is 777. The molecular formula is C20H28N2O6S. The Morgan fingerprint density at radius 1 is 1.14 bits per heavy atom. The fourth-order valence-electron chi connectivity index (χ4n) is 3.96. The highest BCUT2D eigenvalue weighted by molar-refractivity contribution is 7.18. The lowest BCUT2D eigenvalue weighted by Crippen LogP contribution is -2.46. The third-order valence-corrected chi connectivity index (χ3v) is 6.45. The van der Waals surface area contributed by atoms with Crippen LogP contribution in [0.2, 0.25) is 0 Å². The molecule has 1 aliphatic heterocycles. The van der Waals surface area contributed by atoms with Gasteiger partial charge in [0.1, 0.15) is 9.88 Å². The number of urea groups is 1. The lowest BCUT2D eigenvalue weighted by molar-refractivity contribution is 0.0413. The predicted molar refractivity (Wildman–Crippen MR) is 109 cm³/mol. The van der Waals surface area contributed by atoms with Crippen molar-refractivity contribution in [3.63, 3.8) is 0 Å².